The van der Waals surface area contributed by atoms with Gasteiger partial charge in [0.2, 0.25) is 0 Å². The summed E-state index contributed by atoms with van der Waals surface area (Å²) in [6.07, 6.45) is 14.7. The molecule has 0 amide bonds. The summed E-state index contributed by atoms with van der Waals surface area (Å²) in [7, 11) is 0. The average Bonchev–Trinajstić information content (AvgIpc) is 2.99. The van der Waals surface area contributed by atoms with Crippen molar-refractivity contribution < 1.29 is 4.74 Å². The molecular formula is C20H34O. The zero-order chi connectivity index (χ0) is 15.9. The molecule has 0 N–H and O–H groups in total. The minimum Gasteiger partial charge on any atom is -0.367 e. The van der Waals surface area contributed by atoms with E-state index in [4.69, 9.17) is 4.74 Å². The standard InChI is InChI=1S/C20H34O/c1-16(2)10-9-13-17(3)11-7-8-12-18(4)14-15-19-20(5,6)21-19/h10-12,19H,7-9,13-15H2,1-6H3/b17-11+,18-12+/t19-/m0/s1. The molecule has 0 unspecified atom stereocenters. The summed E-state index contributed by atoms with van der Waals surface area (Å²) in [6.45, 7) is 13.2. The van der Waals surface area contributed by atoms with Crippen molar-refractivity contribution in [2.75, 3.05) is 0 Å². The zero-order valence-corrected chi connectivity index (χ0v) is 15.0. The van der Waals surface area contributed by atoms with Crippen LogP contribution in [0.5, 0.6) is 0 Å². The van der Waals surface area contributed by atoms with E-state index in [1.165, 1.54) is 55.2 Å². The average molecular weight is 290 g/mol. The Bertz CT molecular complexity index is 406. The minimum absolute atomic E-state index is 0.144. The van der Waals surface area contributed by atoms with E-state index in [0.29, 0.717) is 6.10 Å². The number of hydrogen-bond acceptors (Lipinski definition) is 1. The molecule has 0 radical (unpaired) electrons. The van der Waals surface area contributed by atoms with Gasteiger partial charge in [0, 0.05) is 0 Å². The van der Waals surface area contributed by atoms with Gasteiger partial charge in [-0.2, -0.15) is 0 Å². The molecule has 1 nitrogen and oxygen atoms in total. The van der Waals surface area contributed by atoms with Crippen molar-refractivity contribution in [2.24, 2.45) is 0 Å². The van der Waals surface area contributed by atoms with E-state index < -0.39 is 0 Å². The highest BCUT2D eigenvalue weighted by atomic mass is 16.6. The summed E-state index contributed by atoms with van der Waals surface area (Å²) in [5.74, 6) is 0. The number of unbranched alkanes of at least 4 members (excludes halogenated alkanes) is 1. The van der Waals surface area contributed by atoms with Crippen LogP contribution in [0.2, 0.25) is 0 Å². The minimum atomic E-state index is 0.144. The molecule has 0 aromatic rings. The zero-order valence-electron chi connectivity index (χ0n) is 15.0. The van der Waals surface area contributed by atoms with Crippen LogP contribution in [-0.2, 0) is 4.74 Å². The first-order chi connectivity index (χ1) is 9.81. The monoisotopic (exact) mass is 290 g/mol. The van der Waals surface area contributed by atoms with Crippen LogP contribution in [0, 0.1) is 0 Å². The molecule has 0 aromatic carbocycles. The molecule has 120 valence electrons. The molecule has 1 atom stereocenters. The topological polar surface area (TPSA) is 12.5 Å². The van der Waals surface area contributed by atoms with Crippen LogP contribution in [0.25, 0.3) is 0 Å². The van der Waals surface area contributed by atoms with Crippen LogP contribution in [0.1, 0.15) is 80.1 Å². The SMILES string of the molecule is CC(C)=CCC/C(C)=C/CC/C=C(\C)CC[C@@H]1OC1(C)C. The number of hydrogen-bond donors (Lipinski definition) is 0. The highest BCUT2D eigenvalue weighted by Gasteiger charge is 2.46. The molecule has 1 fully saturated rings. The number of allylic oxidation sites excluding steroid dienone is 6. The van der Waals surface area contributed by atoms with Gasteiger partial charge in [-0.05, 0) is 80.1 Å². The summed E-state index contributed by atoms with van der Waals surface area (Å²) < 4.78 is 5.62. The number of rotatable bonds is 9. The molecular weight excluding hydrogens is 256 g/mol. The van der Waals surface area contributed by atoms with Crippen LogP contribution >= 0.6 is 0 Å². The molecule has 0 bridgehead atoms. The summed E-state index contributed by atoms with van der Waals surface area (Å²) in [5.41, 5.74) is 4.60. The quantitative estimate of drug-likeness (QED) is 0.273. The second-order valence-corrected chi connectivity index (χ2v) is 7.25. The number of epoxide rings is 1. The fourth-order valence-corrected chi connectivity index (χ4v) is 2.55. The maximum Gasteiger partial charge on any atom is 0.0892 e. The van der Waals surface area contributed by atoms with E-state index in [1.807, 2.05) is 0 Å². The van der Waals surface area contributed by atoms with Gasteiger partial charge in [-0.1, -0.05) is 34.9 Å². The fourth-order valence-electron chi connectivity index (χ4n) is 2.55. The fraction of sp³-hybridized carbons (Fsp3) is 0.700. The Morgan fingerprint density at radius 3 is 1.86 bits per heavy atom. The molecule has 0 saturated carbocycles. The van der Waals surface area contributed by atoms with Gasteiger partial charge in [0.1, 0.15) is 0 Å². The molecule has 21 heavy (non-hydrogen) atoms. The summed E-state index contributed by atoms with van der Waals surface area (Å²) >= 11 is 0. The largest absolute Gasteiger partial charge is 0.367 e. The Morgan fingerprint density at radius 1 is 0.857 bits per heavy atom. The van der Waals surface area contributed by atoms with Crippen LogP contribution < -0.4 is 0 Å². The Kier molecular flexibility index (Phi) is 7.45. The third-order valence-corrected chi connectivity index (χ3v) is 4.21. The Morgan fingerprint density at radius 2 is 1.38 bits per heavy atom. The Balaban J connectivity index is 2.13. The van der Waals surface area contributed by atoms with E-state index in [9.17, 15) is 0 Å². The van der Waals surface area contributed by atoms with E-state index in [-0.39, 0.29) is 5.60 Å². The molecule has 0 spiro atoms. The normalized spacial score (nSPS) is 21.3. The van der Waals surface area contributed by atoms with Crippen molar-refractivity contribution in [2.45, 2.75) is 91.8 Å². The van der Waals surface area contributed by atoms with Crippen molar-refractivity contribution in [3.63, 3.8) is 0 Å². The molecule has 0 aliphatic carbocycles. The lowest BCUT2D eigenvalue weighted by atomic mass is 10.0. The lowest BCUT2D eigenvalue weighted by Gasteiger charge is -2.01. The van der Waals surface area contributed by atoms with Crippen molar-refractivity contribution in [1.82, 2.24) is 0 Å². The maximum absolute atomic E-state index is 5.62. The lowest BCUT2D eigenvalue weighted by molar-refractivity contribution is 0.320. The Hall–Kier alpha value is -0.820. The molecule has 0 aromatic heterocycles. The van der Waals surface area contributed by atoms with Crippen molar-refractivity contribution in [3.05, 3.63) is 34.9 Å². The predicted octanol–water partition coefficient (Wildman–Crippen LogP) is 6.36. The van der Waals surface area contributed by atoms with Crippen LogP contribution in [0.15, 0.2) is 34.9 Å². The molecule has 1 saturated heterocycles. The third-order valence-electron chi connectivity index (χ3n) is 4.21. The van der Waals surface area contributed by atoms with Gasteiger partial charge in [0.15, 0.2) is 0 Å². The van der Waals surface area contributed by atoms with E-state index >= 15 is 0 Å². The first-order valence-electron chi connectivity index (χ1n) is 8.43. The van der Waals surface area contributed by atoms with Gasteiger partial charge < -0.3 is 4.74 Å². The molecule has 1 aliphatic rings. The highest BCUT2D eigenvalue weighted by Crippen LogP contribution is 2.38. The van der Waals surface area contributed by atoms with Crippen LogP contribution in [0.3, 0.4) is 0 Å². The van der Waals surface area contributed by atoms with Crippen LogP contribution in [0.4, 0.5) is 0 Å². The molecule has 1 aliphatic heterocycles. The first-order valence-corrected chi connectivity index (χ1v) is 8.43. The summed E-state index contributed by atoms with van der Waals surface area (Å²) in [6, 6.07) is 0. The van der Waals surface area contributed by atoms with Gasteiger partial charge in [-0.15, -0.1) is 0 Å². The van der Waals surface area contributed by atoms with E-state index in [1.54, 1.807) is 0 Å². The van der Waals surface area contributed by atoms with Gasteiger partial charge >= 0.3 is 0 Å². The first kappa shape index (κ1) is 18.2. The second kappa shape index (κ2) is 8.58. The summed E-state index contributed by atoms with van der Waals surface area (Å²) in [5, 5.41) is 0. The van der Waals surface area contributed by atoms with Crippen molar-refractivity contribution in [1.29, 1.82) is 0 Å². The summed E-state index contributed by atoms with van der Waals surface area (Å²) in [4.78, 5) is 0. The van der Waals surface area contributed by atoms with Crippen LogP contribution in [-0.4, -0.2) is 11.7 Å². The van der Waals surface area contributed by atoms with E-state index in [2.05, 4.69) is 59.8 Å². The third kappa shape index (κ3) is 8.26. The smallest absolute Gasteiger partial charge is 0.0892 e. The Labute approximate surface area is 132 Å². The highest BCUT2D eigenvalue weighted by molar-refractivity contribution is 5.05. The van der Waals surface area contributed by atoms with Gasteiger partial charge in [-0.25, -0.2) is 0 Å². The van der Waals surface area contributed by atoms with Gasteiger partial charge in [0.05, 0.1) is 11.7 Å². The van der Waals surface area contributed by atoms with Crippen molar-refractivity contribution in [3.8, 4) is 0 Å². The molecule has 1 heterocycles. The second-order valence-electron chi connectivity index (χ2n) is 7.25. The maximum atomic E-state index is 5.62. The molecule has 1 rings (SSSR count). The van der Waals surface area contributed by atoms with Gasteiger partial charge in [0.25, 0.3) is 0 Å². The van der Waals surface area contributed by atoms with Gasteiger partial charge in [-0.3, -0.25) is 0 Å². The van der Waals surface area contributed by atoms with E-state index in [0.717, 1.165) is 0 Å². The molecule has 1 heteroatoms. The van der Waals surface area contributed by atoms with Crippen molar-refractivity contribution >= 4 is 0 Å². The lowest BCUT2D eigenvalue weighted by Crippen LogP contribution is -2.02. The number of ether oxygens (including phenoxy) is 1. The predicted molar refractivity (Wildman–Crippen MR) is 93.6 cm³/mol.